The van der Waals surface area contributed by atoms with Gasteiger partial charge in [-0.15, -0.1) is 11.3 Å². The van der Waals surface area contributed by atoms with Gasteiger partial charge in [0, 0.05) is 31.2 Å². The van der Waals surface area contributed by atoms with Crippen molar-refractivity contribution in [3.63, 3.8) is 0 Å². The van der Waals surface area contributed by atoms with Crippen molar-refractivity contribution >= 4 is 62.2 Å². The van der Waals surface area contributed by atoms with Crippen LogP contribution < -0.4 is 10.2 Å². The summed E-state index contributed by atoms with van der Waals surface area (Å²) in [5, 5.41) is 7.01. The third-order valence-corrected chi connectivity index (χ3v) is 6.35. The number of nitrogens with one attached hydrogen (secondary N) is 1. The number of carbonyl (C=O) groups is 1. The van der Waals surface area contributed by atoms with Crippen LogP contribution in [0.4, 0.5) is 11.5 Å². The van der Waals surface area contributed by atoms with Crippen LogP contribution in [0.3, 0.4) is 0 Å². The maximum Gasteiger partial charge on any atom is 0.241 e. The van der Waals surface area contributed by atoms with Crippen LogP contribution in [0.2, 0.25) is 10.0 Å². The molecule has 1 saturated heterocycles. The average molecular weight is 436 g/mol. The molecule has 0 bridgehead atoms. The van der Waals surface area contributed by atoms with Crippen molar-refractivity contribution in [1.29, 1.82) is 0 Å². The predicted molar refractivity (Wildman–Crippen MR) is 116 cm³/mol. The fourth-order valence-corrected chi connectivity index (χ4v) is 4.41. The highest BCUT2D eigenvalue weighted by molar-refractivity contribution is 7.16. The van der Waals surface area contributed by atoms with Crippen LogP contribution >= 0.6 is 34.5 Å². The first kappa shape index (κ1) is 19.4. The van der Waals surface area contributed by atoms with Gasteiger partial charge in [-0.05, 0) is 36.6 Å². The Morgan fingerprint density at radius 2 is 1.96 bits per heavy atom. The largest absolute Gasteiger partial charge is 0.353 e. The molecule has 1 unspecified atom stereocenters. The van der Waals surface area contributed by atoms with Gasteiger partial charge in [-0.25, -0.2) is 9.97 Å². The lowest BCUT2D eigenvalue weighted by Gasteiger charge is -2.38. The summed E-state index contributed by atoms with van der Waals surface area (Å²) in [6, 6.07) is 6.82. The van der Waals surface area contributed by atoms with Gasteiger partial charge in [-0.3, -0.25) is 9.69 Å². The van der Waals surface area contributed by atoms with Crippen molar-refractivity contribution < 1.29 is 4.79 Å². The van der Waals surface area contributed by atoms with Crippen molar-refractivity contribution in [2.75, 3.05) is 36.4 Å². The van der Waals surface area contributed by atoms with Crippen LogP contribution in [0.1, 0.15) is 6.92 Å². The highest BCUT2D eigenvalue weighted by atomic mass is 35.5. The molecule has 1 fully saturated rings. The maximum absolute atomic E-state index is 12.7. The summed E-state index contributed by atoms with van der Waals surface area (Å²) in [7, 11) is 0. The molecule has 1 aliphatic rings. The Balaban J connectivity index is 1.39. The maximum atomic E-state index is 12.7. The zero-order valence-electron chi connectivity index (χ0n) is 15.2. The molecular formula is C19H19Cl2N5OS. The number of anilines is 2. The molecule has 1 N–H and O–H groups in total. The van der Waals surface area contributed by atoms with E-state index in [9.17, 15) is 4.79 Å². The van der Waals surface area contributed by atoms with Gasteiger partial charge in [0.15, 0.2) is 0 Å². The molecule has 0 aliphatic carbocycles. The van der Waals surface area contributed by atoms with E-state index < -0.39 is 0 Å². The van der Waals surface area contributed by atoms with Crippen molar-refractivity contribution in [1.82, 2.24) is 14.9 Å². The highest BCUT2D eigenvalue weighted by Crippen LogP contribution is 2.28. The minimum Gasteiger partial charge on any atom is -0.353 e. The Hall–Kier alpha value is -1.93. The molecule has 3 heterocycles. The fraction of sp³-hybridized carbons (Fsp3) is 0.316. The Morgan fingerprint density at radius 1 is 1.18 bits per heavy atom. The summed E-state index contributed by atoms with van der Waals surface area (Å²) >= 11 is 13.8. The smallest absolute Gasteiger partial charge is 0.241 e. The number of nitrogens with zero attached hydrogens (tertiary/aromatic N) is 4. The predicted octanol–water partition coefficient (Wildman–Crippen LogP) is 4.15. The number of hydrogen-bond donors (Lipinski definition) is 1. The van der Waals surface area contributed by atoms with Gasteiger partial charge < -0.3 is 10.2 Å². The Kier molecular flexibility index (Phi) is 5.68. The fourth-order valence-electron chi connectivity index (χ4n) is 3.35. The van der Waals surface area contributed by atoms with Gasteiger partial charge in [0.25, 0.3) is 0 Å². The van der Waals surface area contributed by atoms with Crippen LogP contribution in [0, 0.1) is 0 Å². The minimum absolute atomic E-state index is 0.0973. The molecule has 146 valence electrons. The molecule has 1 aromatic carbocycles. The second-order valence-electron chi connectivity index (χ2n) is 6.65. The van der Waals surface area contributed by atoms with E-state index in [-0.39, 0.29) is 11.9 Å². The van der Waals surface area contributed by atoms with E-state index in [4.69, 9.17) is 23.2 Å². The number of fused-ring (bicyclic) bond motifs is 1. The Labute approximate surface area is 177 Å². The molecule has 1 atom stereocenters. The molecule has 1 amide bonds. The Morgan fingerprint density at radius 3 is 2.75 bits per heavy atom. The molecule has 9 heteroatoms. The number of thiophene rings is 1. The van der Waals surface area contributed by atoms with E-state index in [1.807, 2.05) is 12.3 Å². The molecule has 3 aromatic rings. The normalized spacial score (nSPS) is 16.3. The molecular weight excluding hydrogens is 417 g/mol. The average Bonchev–Trinajstić information content (AvgIpc) is 3.19. The molecule has 0 spiro atoms. The molecule has 0 radical (unpaired) electrons. The molecule has 28 heavy (non-hydrogen) atoms. The zero-order valence-corrected chi connectivity index (χ0v) is 17.6. The topological polar surface area (TPSA) is 61.4 Å². The lowest BCUT2D eigenvalue weighted by molar-refractivity contribution is -0.120. The highest BCUT2D eigenvalue weighted by Gasteiger charge is 2.27. The first-order valence-electron chi connectivity index (χ1n) is 8.96. The van der Waals surface area contributed by atoms with Crippen molar-refractivity contribution in [3.05, 3.63) is 46.0 Å². The molecule has 2 aromatic heterocycles. The lowest BCUT2D eigenvalue weighted by Crippen LogP contribution is -2.53. The van der Waals surface area contributed by atoms with Gasteiger partial charge in [-0.2, -0.15) is 0 Å². The lowest BCUT2D eigenvalue weighted by atomic mass is 10.2. The van der Waals surface area contributed by atoms with Crippen molar-refractivity contribution in [3.8, 4) is 0 Å². The third-order valence-electron chi connectivity index (χ3n) is 4.97. The first-order chi connectivity index (χ1) is 13.5. The molecule has 6 nitrogen and oxygen atoms in total. The van der Waals surface area contributed by atoms with Crippen LogP contribution in [-0.2, 0) is 4.79 Å². The summed E-state index contributed by atoms with van der Waals surface area (Å²) in [5.41, 5.74) is 0.533. The van der Waals surface area contributed by atoms with Gasteiger partial charge in [-0.1, -0.05) is 23.2 Å². The summed E-state index contributed by atoms with van der Waals surface area (Å²) in [6.45, 7) is 5.06. The van der Waals surface area contributed by atoms with Gasteiger partial charge >= 0.3 is 0 Å². The Bertz CT molecular complexity index is 1000. The standard InChI is InChI=1S/C19H19Cl2N5OS/c1-12(18(27)24-16-10-13(20)2-3-15(16)21)25-5-7-26(8-6-25)17-14-4-9-28-19(14)23-11-22-17/h2-4,9-12H,5-8H2,1H3,(H,24,27). The SMILES string of the molecule is CC(C(=O)Nc1cc(Cl)ccc1Cl)N1CCN(c2ncnc3sccc23)CC1. The zero-order chi connectivity index (χ0) is 19.7. The van der Waals surface area contributed by atoms with E-state index in [2.05, 4.69) is 31.2 Å². The van der Waals surface area contributed by atoms with Gasteiger partial charge in [0.2, 0.25) is 5.91 Å². The first-order valence-corrected chi connectivity index (χ1v) is 10.6. The number of hydrogen-bond acceptors (Lipinski definition) is 6. The van der Waals surface area contributed by atoms with Gasteiger partial charge in [0.1, 0.15) is 17.0 Å². The second kappa shape index (κ2) is 8.21. The molecule has 4 rings (SSSR count). The van der Waals surface area contributed by atoms with E-state index >= 15 is 0 Å². The van der Waals surface area contributed by atoms with Crippen LogP contribution in [0.25, 0.3) is 10.2 Å². The number of rotatable bonds is 4. The van der Waals surface area contributed by atoms with Gasteiger partial charge in [0.05, 0.1) is 22.1 Å². The third kappa shape index (κ3) is 3.93. The molecule has 0 saturated carbocycles. The monoisotopic (exact) mass is 435 g/mol. The number of piperazine rings is 1. The second-order valence-corrected chi connectivity index (χ2v) is 8.39. The molecule has 1 aliphatic heterocycles. The summed E-state index contributed by atoms with van der Waals surface area (Å²) in [5.74, 6) is 0.869. The quantitative estimate of drug-likeness (QED) is 0.666. The minimum atomic E-state index is -0.274. The van der Waals surface area contributed by atoms with E-state index in [1.165, 1.54) is 0 Å². The van der Waals surface area contributed by atoms with Crippen LogP contribution in [-0.4, -0.2) is 53.0 Å². The summed E-state index contributed by atoms with van der Waals surface area (Å²) in [4.78, 5) is 26.9. The van der Waals surface area contributed by atoms with E-state index in [0.717, 1.165) is 42.2 Å². The number of benzene rings is 1. The number of aromatic nitrogens is 2. The van der Waals surface area contributed by atoms with E-state index in [0.29, 0.717) is 15.7 Å². The van der Waals surface area contributed by atoms with Crippen LogP contribution in [0.15, 0.2) is 36.0 Å². The summed E-state index contributed by atoms with van der Waals surface area (Å²) < 4.78 is 0. The number of carbonyl (C=O) groups excluding carboxylic acids is 1. The van der Waals surface area contributed by atoms with Crippen LogP contribution in [0.5, 0.6) is 0 Å². The number of amides is 1. The van der Waals surface area contributed by atoms with Crippen molar-refractivity contribution in [2.24, 2.45) is 0 Å². The van der Waals surface area contributed by atoms with E-state index in [1.54, 1.807) is 35.9 Å². The van der Waals surface area contributed by atoms with Crippen molar-refractivity contribution in [2.45, 2.75) is 13.0 Å². The number of halogens is 2. The summed E-state index contributed by atoms with van der Waals surface area (Å²) in [6.07, 6.45) is 1.62.